The Balaban J connectivity index is 1.81. The third-order valence-electron chi connectivity index (χ3n) is 4.04. The summed E-state index contributed by atoms with van der Waals surface area (Å²) in [6.07, 6.45) is 3.14. The summed E-state index contributed by atoms with van der Waals surface area (Å²) >= 11 is 0. The van der Waals surface area contributed by atoms with Crippen molar-refractivity contribution in [3.05, 3.63) is 66.0 Å². The molecule has 0 aliphatic carbocycles. The Kier molecular flexibility index (Phi) is 3.95. The summed E-state index contributed by atoms with van der Waals surface area (Å²) in [5.41, 5.74) is 8.57. The van der Waals surface area contributed by atoms with Gasteiger partial charge in [-0.15, -0.1) is 0 Å². The van der Waals surface area contributed by atoms with Crippen LogP contribution in [-0.4, -0.2) is 26.1 Å². The maximum Gasteiger partial charge on any atom is 0.257 e. The van der Waals surface area contributed by atoms with Gasteiger partial charge in [-0.2, -0.15) is 10.4 Å². The molecular formula is C19H13N7O. The van der Waals surface area contributed by atoms with Crippen molar-refractivity contribution in [2.24, 2.45) is 0 Å². The minimum atomic E-state index is -0.334. The summed E-state index contributed by atoms with van der Waals surface area (Å²) in [5.74, 6) is 0.108. The number of rotatable bonds is 3. The molecule has 1 aromatic carbocycles. The molecule has 0 saturated heterocycles. The molecule has 4 N–H and O–H groups in total. The number of hydrogen-bond donors (Lipinski definition) is 3. The molecule has 4 aromatic rings. The monoisotopic (exact) mass is 355 g/mol. The van der Waals surface area contributed by atoms with Gasteiger partial charge in [0, 0.05) is 17.4 Å². The number of aromatic nitrogens is 4. The molecule has 0 spiro atoms. The van der Waals surface area contributed by atoms with Gasteiger partial charge in [0.1, 0.15) is 11.9 Å². The van der Waals surface area contributed by atoms with Gasteiger partial charge in [-0.05, 0) is 30.3 Å². The van der Waals surface area contributed by atoms with E-state index in [9.17, 15) is 10.1 Å². The molecule has 0 aliphatic rings. The fraction of sp³-hybridized carbons (Fsp3) is 0. The Bertz CT molecular complexity index is 1190. The van der Waals surface area contributed by atoms with Crippen LogP contribution in [0.1, 0.15) is 15.9 Å². The predicted octanol–water partition coefficient (Wildman–Crippen LogP) is 2.73. The first-order valence-corrected chi connectivity index (χ1v) is 8.02. The van der Waals surface area contributed by atoms with Crippen LogP contribution in [0.25, 0.3) is 22.3 Å². The second kappa shape index (κ2) is 6.57. The van der Waals surface area contributed by atoms with E-state index in [0.717, 1.165) is 0 Å². The van der Waals surface area contributed by atoms with Crippen molar-refractivity contribution < 1.29 is 4.79 Å². The first-order chi connectivity index (χ1) is 13.2. The standard InChI is InChI=1S/C19H13N7O/c20-9-12-7-11(4-5-15(12)21)16-8-13(14-10-23-26-18(14)24-16)19(27)25-17-3-1-2-6-22-17/h1-8,10H,21H2,(H,22,25,27)(H,23,24,26). The summed E-state index contributed by atoms with van der Waals surface area (Å²) in [5, 5.41) is 19.3. The first kappa shape index (κ1) is 16.2. The minimum Gasteiger partial charge on any atom is -0.398 e. The lowest BCUT2D eigenvalue weighted by atomic mass is 10.0. The van der Waals surface area contributed by atoms with Crippen molar-refractivity contribution in [3.63, 3.8) is 0 Å². The van der Waals surface area contributed by atoms with Crippen molar-refractivity contribution in [2.75, 3.05) is 11.1 Å². The fourth-order valence-corrected chi connectivity index (χ4v) is 2.70. The molecule has 0 unspecified atom stereocenters. The number of nitrogens with one attached hydrogen (secondary N) is 2. The van der Waals surface area contributed by atoms with E-state index in [2.05, 4.69) is 25.5 Å². The van der Waals surface area contributed by atoms with Crippen molar-refractivity contribution in [2.45, 2.75) is 0 Å². The number of anilines is 2. The molecule has 3 heterocycles. The molecule has 0 aliphatic heterocycles. The van der Waals surface area contributed by atoms with Crippen LogP contribution in [0, 0.1) is 11.3 Å². The molecule has 4 rings (SSSR count). The number of carbonyl (C=O) groups excluding carboxylic acids is 1. The number of pyridine rings is 2. The van der Waals surface area contributed by atoms with Crippen LogP contribution in [0.4, 0.5) is 11.5 Å². The van der Waals surface area contributed by atoms with E-state index in [1.807, 2.05) is 6.07 Å². The topological polar surface area (TPSA) is 133 Å². The highest BCUT2D eigenvalue weighted by Gasteiger charge is 2.16. The fourth-order valence-electron chi connectivity index (χ4n) is 2.70. The molecule has 8 nitrogen and oxygen atoms in total. The molecule has 0 saturated carbocycles. The molecular weight excluding hydrogens is 342 g/mol. The number of carbonyl (C=O) groups is 1. The van der Waals surface area contributed by atoms with Crippen molar-refractivity contribution in [1.29, 1.82) is 5.26 Å². The molecule has 0 atom stereocenters. The lowest BCUT2D eigenvalue weighted by Gasteiger charge is -2.08. The van der Waals surface area contributed by atoms with Gasteiger partial charge in [0.2, 0.25) is 0 Å². The summed E-state index contributed by atoms with van der Waals surface area (Å²) in [7, 11) is 0. The molecule has 0 radical (unpaired) electrons. The van der Waals surface area contributed by atoms with Crippen LogP contribution < -0.4 is 11.1 Å². The average Bonchev–Trinajstić information content (AvgIpc) is 3.17. The van der Waals surface area contributed by atoms with Crippen LogP contribution in [0.15, 0.2) is 54.9 Å². The quantitative estimate of drug-likeness (QED) is 0.484. The van der Waals surface area contributed by atoms with E-state index < -0.39 is 0 Å². The summed E-state index contributed by atoms with van der Waals surface area (Å²) < 4.78 is 0. The third-order valence-corrected chi connectivity index (χ3v) is 4.04. The molecule has 3 aromatic heterocycles. The molecule has 1 amide bonds. The Morgan fingerprint density at radius 2 is 2.11 bits per heavy atom. The summed E-state index contributed by atoms with van der Waals surface area (Å²) in [6.45, 7) is 0. The highest BCUT2D eigenvalue weighted by molar-refractivity contribution is 6.12. The van der Waals surface area contributed by atoms with E-state index in [1.54, 1.807) is 54.9 Å². The number of nitrogen functional groups attached to an aromatic ring is 1. The van der Waals surface area contributed by atoms with Gasteiger partial charge in [0.15, 0.2) is 5.65 Å². The number of fused-ring (bicyclic) bond motifs is 1. The van der Waals surface area contributed by atoms with Gasteiger partial charge < -0.3 is 11.1 Å². The van der Waals surface area contributed by atoms with Crippen LogP contribution in [-0.2, 0) is 0 Å². The minimum absolute atomic E-state index is 0.334. The summed E-state index contributed by atoms with van der Waals surface area (Å²) in [6, 6.07) is 14.0. The molecule has 8 heteroatoms. The van der Waals surface area contributed by atoms with Gasteiger partial charge >= 0.3 is 0 Å². The second-order valence-corrected chi connectivity index (χ2v) is 5.77. The van der Waals surface area contributed by atoms with Crippen molar-refractivity contribution in [1.82, 2.24) is 20.2 Å². The first-order valence-electron chi connectivity index (χ1n) is 8.02. The Morgan fingerprint density at radius 1 is 1.22 bits per heavy atom. The Hall–Kier alpha value is -4.25. The second-order valence-electron chi connectivity index (χ2n) is 5.77. The average molecular weight is 355 g/mol. The number of hydrogen-bond acceptors (Lipinski definition) is 6. The van der Waals surface area contributed by atoms with Crippen LogP contribution in [0.5, 0.6) is 0 Å². The molecule has 130 valence electrons. The third kappa shape index (κ3) is 3.05. The van der Waals surface area contributed by atoms with Gasteiger partial charge in [-0.3, -0.25) is 9.89 Å². The number of H-pyrrole nitrogens is 1. The highest BCUT2D eigenvalue weighted by atomic mass is 16.1. The zero-order valence-electron chi connectivity index (χ0n) is 14.0. The normalized spacial score (nSPS) is 10.5. The zero-order valence-corrected chi connectivity index (χ0v) is 14.0. The lowest BCUT2D eigenvalue weighted by Crippen LogP contribution is -2.13. The zero-order chi connectivity index (χ0) is 18.8. The lowest BCUT2D eigenvalue weighted by molar-refractivity contribution is 0.102. The van der Waals surface area contributed by atoms with Gasteiger partial charge in [-0.25, -0.2) is 9.97 Å². The van der Waals surface area contributed by atoms with E-state index in [-0.39, 0.29) is 5.91 Å². The van der Waals surface area contributed by atoms with Gasteiger partial charge in [-0.1, -0.05) is 12.1 Å². The largest absolute Gasteiger partial charge is 0.398 e. The number of aromatic amines is 1. The number of nitrogens with two attached hydrogens (primary N) is 1. The van der Waals surface area contributed by atoms with Crippen LogP contribution >= 0.6 is 0 Å². The highest BCUT2D eigenvalue weighted by Crippen LogP contribution is 2.26. The predicted molar refractivity (Wildman–Crippen MR) is 101 cm³/mol. The molecule has 0 fully saturated rings. The maximum absolute atomic E-state index is 12.8. The number of benzene rings is 1. The van der Waals surface area contributed by atoms with E-state index in [0.29, 0.717) is 44.9 Å². The van der Waals surface area contributed by atoms with Crippen LogP contribution in [0.3, 0.4) is 0 Å². The number of amides is 1. The Morgan fingerprint density at radius 3 is 2.89 bits per heavy atom. The number of nitrogens with zero attached hydrogens (tertiary/aromatic N) is 4. The van der Waals surface area contributed by atoms with Crippen molar-refractivity contribution in [3.8, 4) is 17.3 Å². The van der Waals surface area contributed by atoms with Crippen LogP contribution in [0.2, 0.25) is 0 Å². The smallest absolute Gasteiger partial charge is 0.257 e. The summed E-state index contributed by atoms with van der Waals surface area (Å²) in [4.78, 5) is 21.4. The van der Waals surface area contributed by atoms with E-state index in [1.165, 1.54) is 0 Å². The van der Waals surface area contributed by atoms with Gasteiger partial charge in [0.05, 0.1) is 28.4 Å². The van der Waals surface area contributed by atoms with E-state index in [4.69, 9.17) is 5.73 Å². The van der Waals surface area contributed by atoms with E-state index >= 15 is 0 Å². The van der Waals surface area contributed by atoms with Crippen molar-refractivity contribution >= 4 is 28.4 Å². The number of nitriles is 1. The van der Waals surface area contributed by atoms with Gasteiger partial charge in [0.25, 0.3) is 5.91 Å². The molecule has 27 heavy (non-hydrogen) atoms. The SMILES string of the molecule is N#Cc1cc(-c2cc(C(=O)Nc3ccccn3)c3cn[nH]c3n2)ccc1N. The maximum atomic E-state index is 12.8. The molecule has 0 bridgehead atoms. The Labute approximate surface area is 153 Å².